The molecule has 0 radical (unpaired) electrons. The highest BCUT2D eigenvalue weighted by Gasteiger charge is 2.11. The molecule has 0 atom stereocenters. The number of rotatable bonds is 5. The van der Waals surface area contributed by atoms with Gasteiger partial charge in [0.15, 0.2) is 0 Å². The van der Waals surface area contributed by atoms with Crippen molar-refractivity contribution in [3.05, 3.63) is 33.3 Å². The highest BCUT2D eigenvalue weighted by Crippen LogP contribution is 2.26. The van der Waals surface area contributed by atoms with Crippen molar-refractivity contribution in [2.24, 2.45) is 0 Å². The van der Waals surface area contributed by atoms with E-state index in [9.17, 15) is 19.7 Å². The maximum Gasteiger partial charge on any atom is 0.319 e. The van der Waals surface area contributed by atoms with E-state index >= 15 is 0 Å². The van der Waals surface area contributed by atoms with Gasteiger partial charge in [0.1, 0.15) is 5.78 Å². The zero-order valence-electron chi connectivity index (χ0n) is 10.1. The molecule has 0 spiro atoms. The van der Waals surface area contributed by atoms with Crippen LogP contribution in [0.1, 0.15) is 13.3 Å². The molecular weight excluding hydrogens is 274 g/mol. The first kappa shape index (κ1) is 14.9. The molecule has 0 saturated heterocycles. The molecule has 7 nitrogen and oxygen atoms in total. The number of anilines is 1. The van der Waals surface area contributed by atoms with Crippen LogP contribution < -0.4 is 10.6 Å². The fraction of sp³-hybridized carbons (Fsp3) is 0.273. The maximum absolute atomic E-state index is 11.5. The summed E-state index contributed by atoms with van der Waals surface area (Å²) in [6, 6.07) is 3.14. The predicted octanol–water partition coefficient (Wildman–Crippen LogP) is 2.35. The summed E-state index contributed by atoms with van der Waals surface area (Å²) in [4.78, 5) is 32.2. The molecule has 1 rings (SSSR count). The Bertz CT molecular complexity index is 519. The second-order valence-corrected chi connectivity index (χ2v) is 4.16. The number of carbonyl (C=O) groups excluding carboxylic acids is 2. The van der Waals surface area contributed by atoms with Gasteiger partial charge in [-0.2, -0.15) is 0 Å². The number of nitro groups is 1. The normalized spacial score (nSPS) is 9.79. The van der Waals surface area contributed by atoms with E-state index in [1.807, 2.05) is 0 Å². The molecule has 8 heteroatoms. The molecule has 2 N–H and O–H groups in total. The minimum atomic E-state index is -0.588. The zero-order chi connectivity index (χ0) is 14.4. The molecular formula is C11H12ClN3O4. The number of hydrogen-bond donors (Lipinski definition) is 2. The number of benzene rings is 1. The van der Waals surface area contributed by atoms with Crippen molar-refractivity contribution in [1.29, 1.82) is 0 Å². The van der Waals surface area contributed by atoms with E-state index in [1.54, 1.807) is 0 Å². The van der Waals surface area contributed by atoms with Gasteiger partial charge in [-0.15, -0.1) is 0 Å². The van der Waals surface area contributed by atoms with Crippen molar-refractivity contribution in [3.8, 4) is 0 Å². The number of nitrogens with one attached hydrogen (secondary N) is 2. The Morgan fingerprint density at radius 3 is 2.68 bits per heavy atom. The molecule has 0 unspecified atom stereocenters. The molecule has 1 aromatic rings. The van der Waals surface area contributed by atoms with Crippen molar-refractivity contribution in [2.45, 2.75) is 13.3 Å². The van der Waals surface area contributed by atoms with Crippen LogP contribution in [0.5, 0.6) is 0 Å². The van der Waals surface area contributed by atoms with Gasteiger partial charge in [-0.1, -0.05) is 11.6 Å². The summed E-state index contributed by atoms with van der Waals surface area (Å²) in [5.41, 5.74) is -0.0420. The standard InChI is InChI=1S/C11H12ClN3O4/c1-7(16)4-5-13-11(17)14-10-6-8(15(18)19)2-3-9(10)12/h2-3,6H,4-5H2,1H3,(H2,13,14,17). The fourth-order valence-electron chi connectivity index (χ4n) is 1.24. The molecule has 0 saturated carbocycles. The van der Waals surface area contributed by atoms with Crippen molar-refractivity contribution >= 4 is 34.8 Å². The largest absolute Gasteiger partial charge is 0.337 e. The summed E-state index contributed by atoms with van der Waals surface area (Å²) in [6.07, 6.45) is 0.218. The Kier molecular flexibility index (Phi) is 5.25. The van der Waals surface area contributed by atoms with Crippen LogP contribution in [0, 0.1) is 10.1 Å². The molecule has 0 aliphatic rings. The third kappa shape index (κ3) is 4.92. The molecule has 0 heterocycles. The third-order valence-corrected chi connectivity index (χ3v) is 2.50. The molecule has 102 valence electrons. The maximum atomic E-state index is 11.5. The minimum absolute atomic E-state index is 0.0475. The van der Waals surface area contributed by atoms with Crippen LogP contribution in [0.2, 0.25) is 5.02 Å². The smallest absolute Gasteiger partial charge is 0.319 e. The van der Waals surface area contributed by atoms with E-state index in [-0.39, 0.29) is 35.1 Å². The number of carbonyl (C=O) groups is 2. The molecule has 0 aliphatic carbocycles. The molecule has 2 amide bonds. The van der Waals surface area contributed by atoms with Crippen LogP contribution in [-0.2, 0) is 4.79 Å². The summed E-state index contributed by atoms with van der Waals surface area (Å²) in [6.45, 7) is 1.60. The van der Waals surface area contributed by atoms with E-state index < -0.39 is 11.0 Å². The van der Waals surface area contributed by atoms with E-state index in [1.165, 1.54) is 19.1 Å². The molecule has 0 aromatic heterocycles. The van der Waals surface area contributed by atoms with Gasteiger partial charge in [0.2, 0.25) is 0 Å². The summed E-state index contributed by atoms with van der Waals surface area (Å²) < 4.78 is 0. The molecule has 0 aliphatic heterocycles. The van der Waals surface area contributed by atoms with Crippen molar-refractivity contribution in [2.75, 3.05) is 11.9 Å². The number of non-ortho nitro benzene ring substituents is 1. The minimum Gasteiger partial charge on any atom is -0.337 e. The second-order valence-electron chi connectivity index (χ2n) is 3.75. The average molecular weight is 286 g/mol. The number of ketones is 1. The Labute approximate surface area is 114 Å². The molecule has 0 bridgehead atoms. The van der Waals surface area contributed by atoms with Crippen molar-refractivity contribution in [1.82, 2.24) is 5.32 Å². The number of urea groups is 1. The van der Waals surface area contributed by atoms with Gasteiger partial charge in [-0.25, -0.2) is 4.79 Å². The molecule has 19 heavy (non-hydrogen) atoms. The highest BCUT2D eigenvalue weighted by molar-refractivity contribution is 6.33. The number of nitrogens with zero attached hydrogens (tertiary/aromatic N) is 1. The lowest BCUT2D eigenvalue weighted by molar-refractivity contribution is -0.384. The lowest BCUT2D eigenvalue weighted by atomic mass is 10.3. The van der Waals surface area contributed by atoms with Crippen molar-refractivity contribution in [3.63, 3.8) is 0 Å². The Morgan fingerprint density at radius 1 is 1.42 bits per heavy atom. The summed E-state index contributed by atoms with van der Waals surface area (Å²) in [5.74, 6) is -0.0475. The lowest BCUT2D eigenvalue weighted by Gasteiger charge is -2.08. The van der Waals surface area contributed by atoms with Crippen LogP contribution in [0.15, 0.2) is 18.2 Å². The van der Waals surface area contributed by atoms with Gasteiger partial charge in [0.05, 0.1) is 15.6 Å². The average Bonchev–Trinajstić information content (AvgIpc) is 2.31. The van der Waals surface area contributed by atoms with Crippen LogP contribution in [-0.4, -0.2) is 23.3 Å². The fourth-order valence-corrected chi connectivity index (χ4v) is 1.41. The number of halogens is 1. The number of hydrogen-bond acceptors (Lipinski definition) is 4. The highest BCUT2D eigenvalue weighted by atomic mass is 35.5. The zero-order valence-corrected chi connectivity index (χ0v) is 10.9. The van der Waals surface area contributed by atoms with Crippen LogP contribution in [0.3, 0.4) is 0 Å². The number of amides is 2. The summed E-state index contributed by atoms with van der Waals surface area (Å²) in [7, 11) is 0. The monoisotopic (exact) mass is 285 g/mol. The SMILES string of the molecule is CC(=O)CCNC(=O)Nc1cc([N+](=O)[O-])ccc1Cl. The topological polar surface area (TPSA) is 101 Å². The van der Waals surface area contributed by atoms with Crippen LogP contribution in [0.4, 0.5) is 16.2 Å². The van der Waals surface area contributed by atoms with Gasteiger partial charge < -0.3 is 10.6 Å². The van der Waals surface area contributed by atoms with E-state index in [4.69, 9.17) is 11.6 Å². The molecule has 1 aromatic carbocycles. The lowest BCUT2D eigenvalue weighted by Crippen LogP contribution is -2.30. The van der Waals surface area contributed by atoms with Gasteiger partial charge in [0.25, 0.3) is 5.69 Å². The number of Topliss-reactive ketones (excluding diaryl/α,β-unsaturated/α-hetero) is 1. The Morgan fingerprint density at radius 2 is 2.11 bits per heavy atom. The quantitative estimate of drug-likeness (QED) is 0.640. The van der Waals surface area contributed by atoms with Gasteiger partial charge in [-0.05, 0) is 13.0 Å². The van der Waals surface area contributed by atoms with Crippen molar-refractivity contribution < 1.29 is 14.5 Å². The van der Waals surface area contributed by atoms with E-state index in [2.05, 4.69) is 10.6 Å². The van der Waals surface area contributed by atoms with E-state index in [0.29, 0.717) is 0 Å². The van der Waals surface area contributed by atoms with Gasteiger partial charge in [-0.3, -0.25) is 14.9 Å². The predicted molar refractivity (Wildman–Crippen MR) is 70.4 cm³/mol. The first-order valence-corrected chi connectivity index (χ1v) is 5.76. The second kappa shape index (κ2) is 6.69. The Balaban J connectivity index is 2.65. The first-order chi connectivity index (χ1) is 8.90. The Hall–Kier alpha value is -2.15. The van der Waals surface area contributed by atoms with E-state index in [0.717, 1.165) is 6.07 Å². The molecule has 0 fully saturated rings. The van der Waals surface area contributed by atoms with Crippen LogP contribution >= 0.6 is 11.6 Å². The van der Waals surface area contributed by atoms with Gasteiger partial charge in [0, 0.05) is 25.1 Å². The first-order valence-electron chi connectivity index (χ1n) is 5.38. The summed E-state index contributed by atoms with van der Waals surface area (Å²) >= 11 is 5.81. The van der Waals surface area contributed by atoms with Crippen LogP contribution in [0.25, 0.3) is 0 Å². The summed E-state index contributed by atoms with van der Waals surface area (Å²) in [5, 5.41) is 15.6. The third-order valence-electron chi connectivity index (χ3n) is 2.17. The number of nitro benzene ring substituents is 1. The van der Waals surface area contributed by atoms with Gasteiger partial charge >= 0.3 is 6.03 Å².